The molecule has 7 heteroatoms. The Balaban J connectivity index is 1.45. The quantitative estimate of drug-likeness (QED) is 0.825. The lowest BCUT2D eigenvalue weighted by Crippen LogP contribution is -2.53. The van der Waals surface area contributed by atoms with Crippen LogP contribution < -0.4 is 5.32 Å². The molecule has 1 amide bonds. The van der Waals surface area contributed by atoms with E-state index in [1.165, 1.54) is 0 Å². The first-order valence-electron chi connectivity index (χ1n) is 9.59. The molecule has 1 saturated carbocycles. The van der Waals surface area contributed by atoms with Crippen LogP contribution in [0.1, 0.15) is 23.2 Å². The Morgan fingerprint density at radius 3 is 2.73 bits per heavy atom. The Bertz CT molecular complexity index is 649. The van der Waals surface area contributed by atoms with Gasteiger partial charge in [-0.05, 0) is 36.8 Å². The summed E-state index contributed by atoms with van der Waals surface area (Å²) < 4.78 is 5.44. The Morgan fingerprint density at radius 2 is 2.00 bits per heavy atom. The zero-order valence-electron chi connectivity index (χ0n) is 15.3. The number of aliphatic hydroxyl groups excluding tert-OH is 1. The van der Waals surface area contributed by atoms with Gasteiger partial charge in [-0.1, -0.05) is 0 Å². The number of amides is 1. The summed E-state index contributed by atoms with van der Waals surface area (Å²) >= 11 is 0. The molecule has 3 fully saturated rings. The molecule has 0 radical (unpaired) electrons. The Hall–Kier alpha value is -1.70. The number of aromatic nitrogens is 1. The van der Waals surface area contributed by atoms with Gasteiger partial charge in [0.1, 0.15) is 5.82 Å². The maximum atomic E-state index is 13.0. The maximum Gasteiger partial charge on any atom is 0.257 e. The second-order valence-electron chi connectivity index (χ2n) is 7.63. The van der Waals surface area contributed by atoms with E-state index in [0.717, 1.165) is 52.2 Å². The van der Waals surface area contributed by atoms with Gasteiger partial charge in [0.25, 0.3) is 5.91 Å². The highest BCUT2D eigenvalue weighted by Crippen LogP contribution is 2.39. The van der Waals surface area contributed by atoms with Crippen LogP contribution >= 0.6 is 0 Å². The number of carbonyl (C=O) groups excluding carboxylic acids is 1. The van der Waals surface area contributed by atoms with Crippen LogP contribution in [0.4, 0.5) is 5.82 Å². The summed E-state index contributed by atoms with van der Waals surface area (Å²) in [4.78, 5) is 21.6. The van der Waals surface area contributed by atoms with Crippen LogP contribution in [0.15, 0.2) is 18.3 Å². The summed E-state index contributed by atoms with van der Waals surface area (Å²) in [5, 5.41) is 13.7. The summed E-state index contributed by atoms with van der Waals surface area (Å²) in [7, 11) is 1.78. The first-order valence-corrected chi connectivity index (χ1v) is 9.59. The first-order chi connectivity index (χ1) is 12.7. The number of nitrogens with one attached hydrogen (secondary N) is 1. The fraction of sp³-hybridized carbons (Fsp3) is 0.684. The highest BCUT2D eigenvalue weighted by Gasteiger charge is 2.45. The zero-order valence-corrected chi connectivity index (χ0v) is 15.3. The summed E-state index contributed by atoms with van der Waals surface area (Å²) in [5.74, 6) is 1.51. The number of anilines is 1. The Labute approximate surface area is 154 Å². The van der Waals surface area contributed by atoms with Gasteiger partial charge < -0.3 is 20.1 Å². The molecule has 0 aromatic carbocycles. The van der Waals surface area contributed by atoms with Gasteiger partial charge >= 0.3 is 0 Å². The lowest BCUT2D eigenvalue weighted by molar-refractivity contribution is -0.0520. The molecule has 0 unspecified atom stereocenters. The molecular weight excluding hydrogens is 332 g/mol. The Morgan fingerprint density at radius 1 is 1.27 bits per heavy atom. The van der Waals surface area contributed by atoms with Crippen molar-refractivity contribution in [2.45, 2.75) is 25.0 Å². The van der Waals surface area contributed by atoms with Crippen molar-refractivity contribution in [3.63, 3.8) is 0 Å². The molecular formula is C19H28N4O3. The van der Waals surface area contributed by atoms with E-state index in [9.17, 15) is 9.90 Å². The monoisotopic (exact) mass is 360 g/mol. The minimum absolute atomic E-state index is 0.0364. The molecule has 2 aliphatic heterocycles. The Kier molecular flexibility index (Phi) is 5.11. The van der Waals surface area contributed by atoms with Crippen LogP contribution in [0.5, 0.6) is 0 Å². The fourth-order valence-corrected chi connectivity index (χ4v) is 4.82. The van der Waals surface area contributed by atoms with Gasteiger partial charge in [-0.15, -0.1) is 0 Å². The number of nitrogens with zero attached hydrogens (tertiary/aromatic N) is 3. The predicted molar refractivity (Wildman–Crippen MR) is 98.1 cm³/mol. The second-order valence-corrected chi connectivity index (χ2v) is 7.63. The topological polar surface area (TPSA) is 77.9 Å². The smallest absolute Gasteiger partial charge is 0.257 e. The number of carbonyl (C=O) groups is 1. The molecule has 26 heavy (non-hydrogen) atoms. The van der Waals surface area contributed by atoms with Crippen molar-refractivity contribution in [1.82, 2.24) is 14.8 Å². The number of ether oxygens (including phenoxy) is 1. The van der Waals surface area contributed by atoms with E-state index in [2.05, 4.69) is 15.2 Å². The standard InChI is InChI=1S/C19H28N4O3/c1-20-18-15(3-2-4-21-18)19(25)23-11-13-9-16(17(24)10-14(13)12-23)22-5-7-26-8-6-22/h2-4,13-14,16-17,24H,5-12H2,1H3,(H,20,21)/t13-,14+,16-,17-/m1/s1. The van der Waals surface area contributed by atoms with Crippen LogP contribution in [0.3, 0.4) is 0 Å². The average Bonchev–Trinajstić information content (AvgIpc) is 3.10. The van der Waals surface area contributed by atoms with Crippen molar-refractivity contribution in [1.29, 1.82) is 0 Å². The van der Waals surface area contributed by atoms with E-state index in [-0.39, 0.29) is 18.1 Å². The molecule has 2 N–H and O–H groups in total. The van der Waals surface area contributed by atoms with E-state index < -0.39 is 0 Å². The number of rotatable bonds is 3. The van der Waals surface area contributed by atoms with E-state index in [1.54, 1.807) is 19.3 Å². The number of pyridine rings is 1. The van der Waals surface area contributed by atoms with Crippen molar-refractivity contribution in [3.8, 4) is 0 Å². The minimum Gasteiger partial charge on any atom is -0.391 e. The molecule has 1 aliphatic carbocycles. The lowest BCUT2D eigenvalue weighted by atomic mass is 9.77. The number of morpholine rings is 1. The molecule has 0 bridgehead atoms. The SMILES string of the molecule is CNc1ncccc1C(=O)N1C[C@H]2C[C@@H](N3CCOCC3)[C@H](O)C[C@H]2C1. The number of fused-ring (bicyclic) bond motifs is 1. The van der Waals surface area contributed by atoms with Gasteiger partial charge in [0, 0.05) is 45.5 Å². The van der Waals surface area contributed by atoms with Gasteiger partial charge in [-0.25, -0.2) is 4.98 Å². The molecule has 142 valence electrons. The van der Waals surface area contributed by atoms with Gasteiger partial charge in [0.15, 0.2) is 0 Å². The van der Waals surface area contributed by atoms with Crippen LogP contribution in [-0.2, 0) is 4.74 Å². The number of aliphatic hydroxyl groups is 1. The zero-order chi connectivity index (χ0) is 18.1. The fourth-order valence-electron chi connectivity index (χ4n) is 4.82. The lowest BCUT2D eigenvalue weighted by Gasteiger charge is -2.43. The van der Waals surface area contributed by atoms with Crippen LogP contribution in [0.25, 0.3) is 0 Å². The maximum absolute atomic E-state index is 13.0. The number of hydrogen-bond acceptors (Lipinski definition) is 6. The van der Waals surface area contributed by atoms with Crippen LogP contribution in [0.2, 0.25) is 0 Å². The number of hydrogen-bond donors (Lipinski definition) is 2. The summed E-state index contributed by atoms with van der Waals surface area (Å²) in [6.07, 6.45) is 3.12. The highest BCUT2D eigenvalue weighted by atomic mass is 16.5. The molecule has 2 saturated heterocycles. The van der Waals surface area contributed by atoms with Crippen molar-refractivity contribution in [2.75, 3.05) is 51.8 Å². The second kappa shape index (κ2) is 7.50. The third-order valence-corrected chi connectivity index (χ3v) is 6.19. The summed E-state index contributed by atoms with van der Waals surface area (Å²) in [6.45, 7) is 4.78. The number of likely N-dealkylation sites (tertiary alicyclic amines) is 1. The molecule has 3 heterocycles. The summed E-state index contributed by atoms with van der Waals surface area (Å²) in [5.41, 5.74) is 0.624. The largest absolute Gasteiger partial charge is 0.391 e. The van der Waals surface area contributed by atoms with E-state index in [0.29, 0.717) is 23.2 Å². The first kappa shape index (κ1) is 17.7. The molecule has 0 spiro atoms. The highest BCUT2D eigenvalue weighted by molar-refractivity contribution is 5.98. The average molecular weight is 360 g/mol. The van der Waals surface area contributed by atoms with Crippen molar-refractivity contribution in [3.05, 3.63) is 23.9 Å². The van der Waals surface area contributed by atoms with E-state index in [4.69, 9.17) is 4.74 Å². The minimum atomic E-state index is -0.310. The molecule has 7 nitrogen and oxygen atoms in total. The normalized spacial score (nSPS) is 32.3. The third-order valence-electron chi connectivity index (χ3n) is 6.19. The van der Waals surface area contributed by atoms with Crippen molar-refractivity contribution >= 4 is 11.7 Å². The van der Waals surface area contributed by atoms with Crippen LogP contribution in [-0.4, -0.2) is 84.4 Å². The molecule has 3 aliphatic rings. The van der Waals surface area contributed by atoms with E-state index in [1.807, 2.05) is 11.0 Å². The predicted octanol–water partition coefficient (Wildman–Crippen LogP) is 0.667. The molecule has 1 aromatic heterocycles. The van der Waals surface area contributed by atoms with Crippen molar-refractivity contribution in [2.24, 2.45) is 11.8 Å². The van der Waals surface area contributed by atoms with Crippen LogP contribution in [0, 0.1) is 11.8 Å². The summed E-state index contributed by atoms with van der Waals surface area (Å²) in [6, 6.07) is 3.82. The van der Waals surface area contributed by atoms with Gasteiger partial charge in [-0.2, -0.15) is 0 Å². The van der Waals surface area contributed by atoms with Gasteiger partial charge in [0.2, 0.25) is 0 Å². The van der Waals surface area contributed by atoms with Gasteiger partial charge in [-0.3, -0.25) is 9.69 Å². The molecule has 1 aromatic rings. The van der Waals surface area contributed by atoms with Gasteiger partial charge in [0.05, 0.1) is 24.9 Å². The third kappa shape index (κ3) is 3.31. The van der Waals surface area contributed by atoms with Crippen molar-refractivity contribution < 1.29 is 14.6 Å². The van der Waals surface area contributed by atoms with E-state index >= 15 is 0 Å². The molecule has 4 rings (SSSR count). The molecule has 4 atom stereocenters.